The smallest absolute Gasteiger partial charge is 0.335 e. The minimum Gasteiger partial charge on any atom is -0.481 e. The van der Waals surface area contributed by atoms with Gasteiger partial charge in [0.05, 0.1) is 11.5 Å². The van der Waals surface area contributed by atoms with Gasteiger partial charge < -0.3 is 15.1 Å². The SMILES string of the molecule is Cc1ccc(C(=O)O)cc1N(CC(C)C(=O)O)C(=O)C(C)C. The van der Waals surface area contributed by atoms with Crippen LogP contribution >= 0.6 is 0 Å². The van der Waals surface area contributed by atoms with Crippen molar-refractivity contribution in [1.29, 1.82) is 0 Å². The maximum absolute atomic E-state index is 12.4. The Hall–Kier alpha value is -2.37. The molecule has 22 heavy (non-hydrogen) atoms. The van der Waals surface area contributed by atoms with E-state index in [2.05, 4.69) is 0 Å². The van der Waals surface area contributed by atoms with Gasteiger partial charge in [-0.15, -0.1) is 0 Å². The van der Waals surface area contributed by atoms with Crippen LogP contribution < -0.4 is 4.90 Å². The lowest BCUT2D eigenvalue weighted by Gasteiger charge is -2.28. The highest BCUT2D eigenvalue weighted by Crippen LogP contribution is 2.25. The Morgan fingerprint density at radius 1 is 1.14 bits per heavy atom. The lowest BCUT2D eigenvalue weighted by Crippen LogP contribution is -2.39. The molecule has 1 atom stereocenters. The highest BCUT2D eigenvalue weighted by atomic mass is 16.4. The van der Waals surface area contributed by atoms with Crippen LogP contribution in [0.3, 0.4) is 0 Å². The molecule has 1 rings (SSSR count). The summed E-state index contributed by atoms with van der Waals surface area (Å²) in [5.74, 6) is -3.42. The third-order valence-electron chi connectivity index (χ3n) is 3.38. The number of amides is 1. The number of anilines is 1. The van der Waals surface area contributed by atoms with Crippen molar-refractivity contribution in [2.24, 2.45) is 11.8 Å². The number of hydrogen-bond acceptors (Lipinski definition) is 3. The van der Waals surface area contributed by atoms with Crippen molar-refractivity contribution in [2.45, 2.75) is 27.7 Å². The van der Waals surface area contributed by atoms with Crippen molar-refractivity contribution in [1.82, 2.24) is 0 Å². The Bertz CT molecular complexity index is 594. The molecule has 120 valence electrons. The molecule has 6 nitrogen and oxygen atoms in total. The van der Waals surface area contributed by atoms with Gasteiger partial charge in [-0.3, -0.25) is 9.59 Å². The number of benzene rings is 1. The average molecular weight is 307 g/mol. The van der Waals surface area contributed by atoms with Gasteiger partial charge in [-0.25, -0.2) is 4.79 Å². The van der Waals surface area contributed by atoms with Gasteiger partial charge in [-0.05, 0) is 24.6 Å². The first-order valence-electron chi connectivity index (χ1n) is 7.03. The normalized spacial score (nSPS) is 12.0. The molecule has 0 radical (unpaired) electrons. The van der Waals surface area contributed by atoms with E-state index in [1.807, 2.05) is 0 Å². The van der Waals surface area contributed by atoms with Crippen LogP contribution in [0.5, 0.6) is 0 Å². The van der Waals surface area contributed by atoms with Gasteiger partial charge in [-0.1, -0.05) is 26.8 Å². The summed E-state index contributed by atoms with van der Waals surface area (Å²) in [6, 6.07) is 4.48. The molecular weight excluding hydrogens is 286 g/mol. The summed E-state index contributed by atoms with van der Waals surface area (Å²) < 4.78 is 0. The number of carbonyl (C=O) groups is 3. The largest absolute Gasteiger partial charge is 0.481 e. The maximum atomic E-state index is 12.4. The Kier molecular flexibility index (Phi) is 5.68. The Morgan fingerprint density at radius 3 is 2.18 bits per heavy atom. The topological polar surface area (TPSA) is 94.9 Å². The van der Waals surface area contributed by atoms with E-state index in [1.165, 1.54) is 24.0 Å². The fraction of sp³-hybridized carbons (Fsp3) is 0.438. The fourth-order valence-electron chi connectivity index (χ4n) is 2.00. The number of rotatable bonds is 6. The molecular formula is C16H21NO5. The van der Waals surface area contributed by atoms with Crippen molar-refractivity contribution in [3.63, 3.8) is 0 Å². The Morgan fingerprint density at radius 2 is 1.73 bits per heavy atom. The number of carboxylic acids is 2. The number of aromatic carboxylic acids is 1. The van der Waals surface area contributed by atoms with Gasteiger partial charge in [0.1, 0.15) is 0 Å². The van der Waals surface area contributed by atoms with Crippen molar-refractivity contribution in [2.75, 3.05) is 11.4 Å². The maximum Gasteiger partial charge on any atom is 0.335 e. The first kappa shape index (κ1) is 17.7. The van der Waals surface area contributed by atoms with Crippen molar-refractivity contribution < 1.29 is 24.6 Å². The number of hydrogen-bond donors (Lipinski definition) is 2. The highest BCUT2D eigenvalue weighted by Gasteiger charge is 2.25. The monoisotopic (exact) mass is 307 g/mol. The molecule has 2 N–H and O–H groups in total. The Labute approximate surface area is 129 Å². The molecule has 1 aromatic rings. The third-order valence-corrected chi connectivity index (χ3v) is 3.38. The van der Waals surface area contributed by atoms with Crippen LogP contribution in [-0.4, -0.2) is 34.6 Å². The minimum atomic E-state index is -1.09. The summed E-state index contributed by atoms with van der Waals surface area (Å²) in [5, 5.41) is 18.2. The number of aliphatic carboxylic acids is 1. The van der Waals surface area contributed by atoms with Gasteiger partial charge >= 0.3 is 11.9 Å². The minimum absolute atomic E-state index is 0.00371. The molecule has 0 spiro atoms. The van der Waals surface area contributed by atoms with E-state index >= 15 is 0 Å². The lowest BCUT2D eigenvalue weighted by molar-refractivity contribution is -0.140. The molecule has 0 heterocycles. The number of carboxylic acid groups (broad SMARTS) is 2. The van der Waals surface area contributed by atoms with Crippen LogP contribution in [-0.2, 0) is 9.59 Å². The number of carbonyl (C=O) groups excluding carboxylic acids is 1. The van der Waals surface area contributed by atoms with Gasteiger partial charge in [0, 0.05) is 18.2 Å². The molecule has 0 aromatic heterocycles. The summed E-state index contributed by atoms with van der Waals surface area (Å²) in [4.78, 5) is 36.0. The van der Waals surface area contributed by atoms with E-state index in [0.717, 1.165) is 5.56 Å². The summed E-state index contributed by atoms with van der Waals surface area (Å²) in [5.41, 5.74) is 1.22. The molecule has 1 unspecified atom stereocenters. The molecule has 0 fully saturated rings. The second-order valence-electron chi connectivity index (χ2n) is 5.65. The highest BCUT2D eigenvalue weighted by molar-refractivity contribution is 5.98. The summed E-state index contributed by atoms with van der Waals surface area (Å²) in [7, 11) is 0. The lowest BCUT2D eigenvalue weighted by atomic mass is 10.0. The quantitative estimate of drug-likeness (QED) is 0.841. The molecule has 6 heteroatoms. The molecule has 1 aromatic carbocycles. The number of nitrogens with zero attached hydrogens (tertiary/aromatic N) is 1. The van der Waals surface area contributed by atoms with Crippen LogP contribution in [0.2, 0.25) is 0 Å². The van der Waals surface area contributed by atoms with E-state index in [0.29, 0.717) is 5.69 Å². The Balaban J connectivity index is 3.31. The van der Waals surface area contributed by atoms with Crippen molar-refractivity contribution in [3.8, 4) is 0 Å². The first-order chi connectivity index (χ1) is 10.1. The predicted octanol–water partition coefficient (Wildman–Crippen LogP) is 2.40. The van der Waals surface area contributed by atoms with Crippen LogP contribution in [0, 0.1) is 18.8 Å². The predicted molar refractivity (Wildman–Crippen MR) is 82.1 cm³/mol. The summed E-state index contributed by atoms with van der Waals surface area (Å²) in [6.07, 6.45) is 0. The molecule has 0 aliphatic carbocycles. The van der Waals surface area contributed by atoms with Crippen LogP contribution in [0.25, 0.3) is 0 Å². The van der Waals surface area contributed by atoms with E-state index < -0.39 is 17.9 Å². The van der Waals surface area contributed by atoms with E-state index in [9.17, 15) is 14.4 Å². The molecule has 0 aliphatic rings. The zero-order valence-electron chi connectivity index (χ0n) is 13.2. The van der Waals surface area contributed by atoms with Gasteiger partial charge in [0.25, 0.3) is 0 Å². The molecule has 0 saturated carbocycles. The zero-order valence-corrected chi connectivity index (χ0v) is 13.2. The van der Waals surface area contributed by atoms with Crippen LogP contribution in [0.4, 0.5) is 5.69 Å². The average Bonchev–Trinajstić information content (AvgIpc) is 2.44. The van der Waals surface area contributed by atoms with Gasteiger partial charge in [0.2, 0.25) is 5.91 Å². The van der Waals surface area contributed by atoms with Gasteiger partial charge in [-0.2, -0.15) is 0 Å². The second-order valence-corrected chi connectivity index (χ2v) is 5.65. The first-order valence-corrected chi connectivity index (χ1v) is 7.03. The second kappa shape index (κ2) is 7.06. The van der Waals surface area contributed by atoms with Gasteiger partial charge in [0.15, 0.2) is 0 Å². The van der Waals surface area contributed by atoms with E-state index in [-0.39, 0.29) is 23.9 Å². The van der Waals surface area contributed by atoms with Crippen molar-refractivity contribution in [3.05, 3.63) is 29.3 Å². The summed E-state index contributed by atoms with van der Waals surface area (Å²) in [6.45, 7) is 6.71. The third kappa shape index (κ3) is 4.07. The fourth-order valence-corrected chi connectivity index (χ4v) is 2.00. The van der Waals surface area contributed by atoms with Crippen molar-refractivity contribution >= 4 is 23.5 Å². The van der Waals surface area contributed by atoms with E-state index in [4.69, 9.17) is 10.2 Å². The number of aryl methyl sites for hydroxylation is 1. The molecule has 0 aliphatic heterocycles. The zero-order chi connectivity index (χ0) is 17.0. The molecule has 0 saturated heterocycles. The molecule has 1 amide bonds. The molecule has 0 bridgehead atoms. The van der Waals surface area contributed by atoms with Crippen LogP contribution in [0.1, 0.15) is 36.7 Å². The standard InChI is InChI=1S/C16H21NO5/c1-9(2)14(18)17(8-11(4)15(19)20)13-7-12(16(21)22)6-5-10(13)3/h5-7,9,11H,8H2,1-4H3,(H,19,20)(H,21,22). The summed E-state index contributed by atoms with van der Waals surface area (Å²) >= 11 is 0. The van der Waals surface area contributed by atoms with E-state index in [1.54, 1.807) is 26.8 Å². The van der Waals surface area contributed by atoms with Crippen LogP contribution in [0.15, 0.2) is 18.2 Å².